The van der Waals surface area contributed by atoms with Gasteiger partial charge in [0.1, 0.15) is 11.4 Å². The van der Waals surface area contributed by atoms with Crippen LogP contribution in [0.1, 0.15) is 13.3 Å². The Balaban J connectivity index is 1.45. The number of thioether (sulfide) groups is 1. The van der Waals surface area contributed by atoms with Crippen molar-refractivity contribution in [3.8, 4) is 22.5 Å². The number of hydrogen-bond donors (Lipinski definition) is 2. The average Bonchev–Trinajstić information content (AvgIpc) is 2.89. The van der Waals surface area contributed by atoms with E-state index in [0.29, 0.717) is 28.6 Å². The quantitative estimate of drug-likeness (QED) is 0.341. The Labute approximate surface area is 202 Å². The number of carbonyl (C=O) groups is 2. The lowest BCUT2D eigenvalue weighted by molar-refractivity contribution is -0.116. The zero-order chi connectivity index (χ0) is 23.8. The van der Waals surface area contributed by atoms with Gasteiger partial charge >= 0.3 is 0 Å². The van der Waals surface area contributed by atoms with Crippen molar-refractivity contribution in [2.24, 2.45) is 0 Å². The molecule has 0 unspecified atom stereocenters. The predicted octanol–water partition coefficient (Wildman–Crippen LogP) is 5.28. The maximum absolute atomic E-state index is 12.5. The Morgan fingerprint density at radius 2 is 1.24 bits per heavy atom. The molecule has 0 bridgehead atoms. The summed E-state index contributed by atoms with van der Waals surface area (Å²) in [7, 11) is 0. The number of nitrogens with zero attached hydrogens (tertiary/aromatic N) is 3. The van der Waals surface area contributed by atoms with Crippen molar-refractivity contribution in [1.82, 2.24) is 15.2 Å². The minimum absolute atomic E-state index is 0.0602. The molecule has 0 aliphatic rings. The van der Waals surface area contributed by atoms with Crippen LogP contribution in [0.4, 0.5) is 11.4 Å². The van der Waals surface area contributed by atoms with Crippen molar-refractivity contribution in [3.63, 3.8) is 0 Å². The Morgan fingerprint density at radius 3 is 1.79 bits per heavy atom. The molecule has 0 fully saturated rings. The topological polar surface area (TPSA) is 96.9 Å². The van der Waals surface area contributed by atoms with Gasteiger partial charge in [0.25, 0.3) is 0 Å². The zero-order valence-electron chi connectivity index (χ0n) is 18.6. The molecule has 3 aromatic carbocycles. The summed E-state index contributed by atoms with van der Waals surface area (Å²) in [6.45, 7) is 1.79. The van der Waals surface area contributed by atoms with E-state index in [-0.39, 0.29) is 17.6 Å². The second-order valence-electron chi connectivity index (χ2n) is 7.34. The van der Waals surface area contributed by atoms with Crippen LogP contribution in [-0.2, 0) is 9.59 Å². The van der Waals surface area contributed by atoms with Gasteiger partial charge in [0.15, 0.2) is 0 Å². The van der Waals surface area contributed by atoms with E-state index in [0.717, 1.165) is 16.8 Å². The van der Waals surface area contributed by atoms with Crippen molar-refractivity contribution in [3.05, 3.63) is 84.9 Å². The molecule has 2 N–H and O–H groups in total. The minimum atomic E-state index is -0.188. The van der Waals surface area contributed by atoms with Crippen LogP contribution >= 0.6 is 11.8 Å². The standard InChI is InChI=1S/C26H23N5O2S/c1-2-22(32)27-20-13-15-21(16-14-20)28-23(33)17-34-26-29-24(18-9-5-3-6-10-18)25(30-31-26)19-11-7-4-8-12-19/h3-16H,2,17H2,1H3,(H,27,32)(H,28,33). The molecule has 0 spiro atoms. The van der Waals surface area contributed by atoms with Crippen LogP contribution in [0.25, 0.3) is 22.5 Å². The largest absolute Gasteiger partial charge is 0.326 e. The third-order valence-corrected chi connectivity index (χ3v) is 5.71. The number of aromatic nitrogens is 3. The number of nitrogens with one attached hydrogen (secondary N) is 2. The summed E-state index contributed by atoms with van der Waals surface area (Å²) in [6.07, 6.45) is 0.408. The van der Waals surface area contributed by atoms with Crippen LogP contribution in [-0.4, -0.2) is 32.7 Å². The second kappa shape index (κ2) is 11.2. The highest BCUT2D eigenvalue weighted by molar-refractivity contribution is 7.99. The smallest absolute Gasteiger partial charge is 0.234 e. The van der Waals surface area contributed by atoms with Crippen molar-refractivity contribution in [1.29, 1.82) is 0 Å². The molecule has 0 aliphatic carbocycles. The maximum Gasteiger partial charge on any atom is 0.234 e. The van der Waals surface area contributed by atoms with Gasteiger partial charge in [0, 0.05) is 28.9 Å². The lowest BCUT2D eigenvalue weighted by atomic mass is 10.0. The molecule has 8 heteroatoms. The third kappa shape index (κ3) is 6.05. The minimum Gasteiger partial charge on any atom is -0.326 e. The molecule has 1 heterocycles. The van der Waals surface area contributed by atoms with Crippen LogP contribution < -0.4 is 10.6 Å². The summed E-state index contributed by atoms with van der Waals surface area (Å²) in [5, 5.41) is 14.7. The molecular weight excluding hydrogens is 446 g/mol. The summed E-state index contributed by atoms with van der Waals surface area (Å²) >= 11 is 1.22. The zero-order valence-corrected chi connectivity index (χ0v) is 19.4. The molecule has 0 aliphatic heterocycles. The van der Waals surface area contributed by atoms with Crippen molar-refractivity contribution < 1.29 is 9.59 Å². The molecule has 0 atom stereocenters. The molecular formula is C26H23N5O2S. The first-order valence-corrected chi connectivity index (χ1v) is 11.8. The van der Waals surface area contributed by atoms with E-state index >= 15 is 0 Å². The summed E-state index contributed by atoms with van der Waals surface area (Å²) < 4.78 is 0. The van der Waals surface area contributed by atoms with Gasteiger partial charge in [-0.2, -0.15) is 0 Å². The Bertz CT molecular complexity index is 1270. The average molecular weight is 470 g/mol. The lowest BCUT2D eigenvalue weighted by Gasteiger charge is -2.10. The molecule has 0 radical (unpaired) electrons. The van der Waals surface area contributed by atoms with Gasteiger partial charge in [-0.05, 0) is 24.3 Å². The summed E-state index contributed by atoms with van der Waals surface area (Å²) in [5.41, 5.74) is 4.59. The fraction of sp³-hybridized carbons (Fsp3) is 0.115. The van der Waals surface area contributed by atoms with Gasteiger partial charge in [-0.25, -0.2) is 4.98 Å². The fourth-order valence-corrected chi connectivity index (χ4v) is 3.76. The number of hydrogen-bond acceptors (Lipinski definition) is 6. The molecule has 7 nitrogen and oxygen atoms in total. The van der Waals surface area contributed by atoms with Crippen LogP contribution in [0.5, 0.6) is 0 Å². The van der Waals surface area contributed by atoms with Crippen molar-refractivity contribution >= 4 is 35.0 Å². The van der Waals surface area contributed by atoms with Gasteiger partial charge in [0.05, 0.1) is 5.75 Å². The van der Waals surface area contributed by atoms with Crippen LogP contribution in [0, 0.1) is 0 Å². The van der Waals surface area contributed by atoms with E-state index in [4.69, 9.17) is 4.98 Å². The number of rotatable bonds is 8. The van der Waals surface area contributed by atoms with E-state index in [1.54, 1.807) is 31.2 Å². The lowest BCUT2D eigenvalue weighted by Crippen LogP contribution is -2.15. The summed E-state index contributed by atoms with van der Waals surface area (Å²) in [4.78, 5) is 28.7. The van der Waals surface area contributed by atoms with Crippen molar-refractivity contribution in [2.45, 2.75) is 18.5 Å². The van der Waals surface area contributed by atoms with E-state index in [2.05, 4.69) is 20.8 Å². The molecule has 2 amide bonds. The van der Waals surface area contributed by atoms with E-state index in [1.807, 2.05) is 60.7 Å². The monoisotopic (exact) mass is 469 g/mol. The van der Waals surface area contributed by atoms with Crippen molar-refractivity contribution in [2.75, 3.05) is 16.4 Å². The Hall–Kier alpha value is -4.04. The van der Waals surface area contributed by atoms with Gasteiger partial charge in [-0.3, -0.25) is 9.59 Å². The van der Waals surface area contributed by atoms with E-state index < -0.39 is 0 Å². The van der Waals surface area contributed by atoms with Gasteiger partial charge < -0.3 is 10.6 Å². The fourth-order valence-electron chi connectivity index (χ4n) is 3.17. The highest BCUT2D eigenvalue weighted by Crippen LogP contribution is 2.29. The molecule has 4 aromatic rings. The predicted molar refractivity (Wildman–Crippen MR) is 135 cm³/mol. The van der Waals surface area contributed by atoms with Crippen LogP contribution in [0.2, 0.25) is 0 Å². The Morgan fingerprint density at radius 1 is 0.706 bits per heavy atom. The first-order valence-electron chi connectivity index (χ1n) is 10.8. The van der Waals surface area contributed by atoms with Crippen LogP contribution in [0.15, 0.2) is 90.1 Å². The number of carbonyl (C=O) groups excluding carboxylic acids is 2. The van der Waals surface area contributed by atoms with Crippen LogP contribution in [0.3, 0.4) is 0 Å². The molecule has 34 heavy (non-hydrogen) atoms. The number of benzene rings is 3. The first kappa shape index (κ1) is 23.1. The first-order chi connectivity index (χ1) is 16.6. The normalized spacial score (nSPS) is 10.5. The third-order valence-electron chi connectivity index (χ3n) is 4.87. The Kier molecular flexibility index (Phi) is 7.62. The molecule has 1 aromatic heterocycles. The number of amides is 2. The van der Waals surface area contributed by atoms with Gasteiger partial charge in [-0.15, -0.1) is 10.2 Å². The molecule has 4 rings (SSSR count). The second-order valence-corrected chi connectivity index (χ2v) is 8.28. The highest BCUT2D eigenvalue weighted by Gasteiger charge is 2.14. The highest BCUT2D eigenvalue weighted by atomic mass is 32.2. The number of anilines is 2. The van der Waals surface area contributed by atoms with E-state index in [9.17, 15) is 9.59 Å². The maximum atomic E-state index is 12.5. The SMILES string of the molecule is CCC(=O)Nc1ccc(NC(=O)CSc2nnc(-c3ccccc3)c(-c3ccccc3)n2)cc1. The van der Waals surface area contributed by atoms with Gasteiger partial charge in [0.2, 0.25) is 17.0 Å². The summed E-state index contributed by atoms with van der Waals surface area (Å²) in [5.74, 6) is -0.114. The molecule has 0 saturated heterocycles. The molecule has 170 valence electrons. The van der Waals surface area contributed by atoms with Gasteiger partial charge in [-0.1, -0.05) is 79.3 Å². The van der Waals surface area contributed by atoms with E-state index in [1.165, 1.54) is 11.8 Å². The molecule has 0 saturated carbocycles. The summed E-state index contributed by atoms with van der Waals surface area (Å²) in [6, 6.07) is 26.6.